The van der Waals surface area contributed by atoms with Gasteiger partial charge in [-0.3, -0.25) is 9.59 Å². The number of benzene rings is 1. The molecule has 2 rings (SSSR count). The number of amides is 1. The van der Waals surface area contributed by atoms with Crippen LogP contribution in [0.3, 0.4) is 0 Å². The number of carboxylic acids is 1. The van der Waals surface area contributed by atoms with Crippen LogP contribution in [0, 0.1) is 5.82 Å². The molecule has 1 aromatic carbocycles. The molecule has 108 valence electrons. The molecule has 0 saturated heterocycles. The lowest BCUT2D eigenvalue weighted by atomic mass is 9.94. The molecule has 0 heterocycles. The van der Waals surface area contributed by atoms with Crippen LogP contribution in [0.1, 0.15) is 18.4 Å². The number of carbonyl (C=O) groups excluding carboxylic acids is 1. The van der Waals surface area contributed by atoms with E-state index in [1.54, 1.807) is 18.2 Å². The van der Waals surface area contributed by atoms with Crippen molar-refractivity contribution in [1.29, 1.82) is 0 Å². The zero-order valence-corrected chi connectivity index (χ0v) is 11.7. The Labute approximate surface area is 120 Å². The van der Waals surface area contributed by atoms with E-state index in [9.17, 15) is 14.0 Å². The molecule has 0 aromatic heterocycles. The Hall–Kier alpha value is -1.56. The maximum absolute atomic E-state index is 13.8. The van der Waals surface area contributed by atoms with E-state index in [-0.39, 0.29) is 17.5 Å². The molecule has 0 aliphatic heterocycles. The zero-order valence-electron chi connectivity index (χ0n) is 10.9. The third kappa shape index (κ3) is 3.30. The monoisotopic (exact) mass is 297 g/mol. The topological polar surface area (TPSA) is 66.4 Å². The largest absolute Gasteiger partial charge is 0.481 e. The number of carboxylic acid groups (broad SMARTS) is 1. The van der Waals surface area contributed by atoms with E-state index in [0.717, 1.165) is 0 Å². The molecule has 1 saturated carbocycles. The van der Waals surface area contributed by atoms with Gasteiger partial charge in [0.1, 0.15) is 5.82 Å². The summed E-state index contributed by atoms with van der Waals surface area (Å²) in [5, 5.41) is 11.3. The van der Waals surface area contributed by atoms with Gasteiger partial charge >= 0.3 is 5.97 Å². The Balaban J connectivity index is 1.86. The van der Waals surface area contributed by atoms with Crippen molar-refractivity contribution in [2.45, 2.75) is 18.3 Å². The summed E-state index contributed by atoms with van der Waals surface area (Å²) in [7, 11) is 0. The molecule has 1 aliphatic carbocycles. The first kappa shape index (κ1) is 14.8. The first-order valence-electron chi connectivity index (χ1n) is 6.39. The van der Waals surface area contributed by atoms with Crippen LogP contribution >= 0.6 is 11.8 Å². The molecule has 0 atom stereocenters. The Kier molecular flexibility index (Phi) is 4.65. The van der Waals surface area contributed by atoms with Gasteiger partial charge in [-0.25, -0.2) is 4.39 Å². The smallest absolute Gasteiger partial charge is 0.313 e. The molecule has 1 aliphatic rings. The molecule has 1 amide bonds. The van der Waals surface area contributed by atoms with Gasteiger partial charge in [0.25, 0.3) is 0 Å². The van der Waals surface area contributed by atoms with Gasteiger partial charge in [0, 0.05) is 17.9 Å². The summed E-state index contributed by atoms with van der Waals surface area (Å²) in [6.07, 6.45) is 1.31. The van der Waals surface area contributed by atoms with Crippen LogP contribution < -0.4 is 5.32 Å². The summed E-state index contributed by atoms with van der Waals surface area (Å²) in [5.41, 5.74) is -0.265. The van der Waals surface area contributed by atoms with Gasteiger partial charge in [0.2, 0.25) is 5.91 Å². The van der Waals surface area contributed by atoms with Crippen molar-refractivity contribution < 1.29 is 19.1 Å². The van der Waals surface area contributed by atoms with E-state index >= 15 is 0 Å². The second-order valence-electron chi connectivity index (χ2n) is 4.76. The maximum Gasteiger partial charge on any atom is 0.313 e. The molecule has 2 N–H and O–H groups in total. The van der Waals surface area contributed by atoms with Crippen molar-refractivity contribution in [1.82, 2.24) is 5.32 Å². The van der Waals surface area contributed by atoms with Gasteiger partial charge in [0.15, 0.2) is 0 Å². The first-order chi connectivity index (χ1) is 9.56. The van der Waals surface area contributed by atoms with E-state index in [2.05, 4.69) is 5.32 Å². The molecule has 0 radical (unpaired) electrons. The van der Waals surface area contributed by atoms with Crippen LogP contribution in [0.25, 0.3) is 0 Å². The fourth-order valence-corrected chi connectivity index (χ4v) is 2.72. The van der Waals surface area contributed by atoms with E-state index in [4.69, 9.17) is 5.11 Å². The van der Waals surface area contributed by atoms with E-state index in [1.807, 2.05) is 0 Å². The Bertz CT molecular complexity index is 517. The van der Waals surface area contributed by atoms with Gasteiger partial charge in [-0.2, -0.15) is 0 Å². The average molecular weight is 297 g/mol. The van der Waals surface area contributed by atoms with Crippen molar-refractivity contribution in [3.05, 3.63) is 35.6 Å². The van der Waals surface area contributed by atoms with Crippen LogP contribution in [0.4, 0.5) is 4.39 Å². The summed E-state index contributed by atoms with van der Waals surface area (Å²) in [6.45, 7) is 0.396. The van der Waals surface area contributed by atoms with Crippen LogP contribution in [-0.2, 0) is 15.0 Å². The summed E-state index contributed by atoms with van der Waals surface area (Å²) < 4.78 is 13.8. The van der Waals surface area contributed by atoms with Gasteiger partial charge in [-0.15, -0.1) is 11.8 Å². The summed E-state index contributed by atoms with van der Waals surface area (Å²) in [5.74, 6) is -0.829. The van der Waals surface area contributed by atoms with Crippen LogP contribution in [0.15, 0.2) is 24.3 Å². The Morgan fingerprint density at radius 3 is 2.65 bits per heavy atom. The van der Waals surface area contributed by atoms with Gasteiger partial charge in [-0.1, -0.05) is 18.2 Å². The molecule has 20 heavy (non-hydrogen) atoms. The number of carbonyl (C=O) groups is 2. The quantitative estimate of drug-likeness (QED) is 0.753. The summed E-state index contributed by atoms with van der Waals surface area (Å²) in [6, 6.07) is 6.36. The highest BCUT2D eigenvalue weighted by Crippen LogP contribution is 2.49. The van der Waals surface area contributed by atoms with Gasteiger partial charge < -0.3 is 10.4 Å². The number of hydrogen-bond donors (Lipinski definition) is 2. The van der Waals surface area contributed by atoms with E-state index in [1.165, 1.54) is 17.8 Å². The fourth-order valence-electron chi connectivity index (χ4n) is 2.16. The predicted molar refractivity (Wildman–Crippen MR) is 75.3 cm³/mol. The molecule has 0 unspecified atom stereocenters. The molecule has 0 bridgehead atoms. The van der Waals surface area contributed by atoms with Crippen molar-refractivity contribution in [2.24, 2.45) is 0 Å². The van der Waals surface area contributed by atoms with Crippen LogP contribution in [-0.4, -0.2) is 35.0 Å². The number of thioether (sulfide) groups is 1. The maximum atomic E-state index is 13.8. The van der Waals surface area contributed by atoms with Gasteiger partial charge in [0.05, 0.1) is 11.2 Å². The number of aliphatic carboxylic acids is 1. The lowest BCUT2D eigenvalue weighted by Gasteiger charge is -2.16. The minimum atomic E-state index is -0.869. The molecular weight excluding hydrogens is 281 g/mol. The minimum Gasteiger partial charge on any atom is -0.481 e. The number of halogens is 1. The number of nitrogens with one attached hydrogen (secondary N) is 1. The second-order valence-corrected chi connectivity index (χ2v) is 5.87. The SMILES string of the molecule is O=C(O)CSCCNC(=O)C1(c2ccccc2F)CC1. The minimum absolute atomic E-state index is 0.0221. The van der Waals surface area contributed by atoms with Crippen molar-refractivity contribution in [3.8, 4) is 0 Å². The molecular formula is C14H16FNO3S. The standard InChI is InChI=1S/C14H16FNO3S/c15-11-4-2-1-3-10(11)14(5-6-14)13(19)16-7-8-20-9-12(17)18/h1-4H,5-9H2,(H,16,19)(H,17,18). The number of rotatable bonds is 7. The molecule has 0 spiro atoms. The normalized spacial score (nSPS) is 15.7. The highest BCUT2D eigenvalue weighted by molar-refractivity contribution is 7.99. The van der Waals surface area contributed by atoms with Crippen LogP contribution in [0.2, 0.25) is 0 Å². The summed E-state index contributed by atoms with van der Waals surface area (Å²) >= 11 is 1.25. The molecule has 6 heteroatoms. The highest BCUT2D eigenvalue weighted by atomic mass is 32.2. The molecule has 1 fully saturated rings. The van der Waals surface area contributed by atoms with Crippen molar-refractivity contribution in [2.75, 3.05) is 18.1 Å². The van der Waals surface area contributed by atoms with E-state index in [0.29, 0.717) is 30.7 Å². The second kappa shape index (κ2) is 6.26. The average Bonchev–Trinajstić information content (AvgIpc) is 3.20. The van der Waals surface area contributed by atoms with Gasteiger partial charge in [-0.05, 0) is 18.9 Å². The predicted octanol–water partition coefficient (Wildman–Crippen LogP) is 1.79. The Morgan fingerprint density at radius 2 is 2.05 bits per heavy atom. The van der Waals surface area contributed by atoms with Crippen molar-refractivity contribution in [3.63, 3.8) is 0 Å². The zero-order chi connectivity index (χ0) is 14.6. The third-order valence-corrected chi connectivity index (χ3v) is 4.28. The Morgan fingerprint density at radius 1 is 1.35 bits per heavy atom. The molecule has 1 aromatic rings. The lowest BCUT2D eigenvalue weighted by molar-refractivity contribution is -0.133. The third-order valence-electron chi connectivity index (χ3n) is 3.33. The van der Waals surface area contributed by atoms with E-state index < -0.39 is 11.4 Å². The molecule has 4 nitrogen and oxygen atoms in total. The fraction of sp³-hybridized carbons (Fsp3) is 0.429. The lowest BCUT2D eigenvalue weighted by Crippen LogP contribution is -2.36. The number of hydrogen-bond acceptors (Lipinski definition) is 3. The first-order valence-corrected chi connectivity index (χ1v) is 7.54. The highest BCUT2D eigenvalue weighted by Gasteiger charge is 2.52. The van der Waals surface area contributed by atoms with Crippen molar-refractivity contribution >= 4 is 23.6 Å². The summed E-state index contributed by atoms with van der Waals surface area (Å²) in [4.78, 5) is 22.5. The van der Waals surface area contributed by atoms with Crippen LogP contribution in [0.5, 0.6) is 0 Å².